The molecule has 1 atom stereocenters. The Labute approximate surface area is 253 Å². The lowest BCUT2D eigenvalue weighted by Crippen LogP contribution is -2.53. The maximum Gasteiger partial charge on any atom is 0.264 e. The van der Waals surface area contributed by atoms with Crippen molar-refractivity contribution >= 4 is 39.1 Å². The molecule has 3 aromatic rings. The zero-order valence-electron chi connectivity index (χ0n) is 24.3. The number of carbonyl (C=O) groups is 2. The molecule has 42 heavy (non-hydrogen) atoms. The zero-order chi connectivity index (χ0) is 30.3. The molecule has 0 unspecified atom stereocenters. The number of amides is 2. The number of carbonyl (C=O) groups excluding carboxylic acids is 2. The van der Waals surface area contributed by atoms with Crippen LogP contribution in [0.15, 0.2) is 77.7 Å². The van der Waals surface area contributed by atoms with Crippen LogP contribution < -0.4 is 14.4 Å². The van der Waals surface area contributed by atoms with Crippen LogP contribution in [0, 0.1) is 6.92 Å². The van der Waals surface area contributed by atoms with Crippen LogP contribution in [-0.4, -0.2) is 50.9 Å². The molecule has 1 N–H and O–H groups in total. The van der Waals surface area contributed by atoms with Crippen molar-refractivity contribution in [3.63, 3.8) is 0 Å². The minimum absolute atomic E-state index is 0.0567. The van der Waals surface area contributed by atoms with Gasteiger partial charge in [-0.05, 0) is 80.8 Å². The third kappa shape index (κ3) is 7.83. The molecule has 0 saturated heterocycles. The third-order valence-corrected chi connectivity index (χ3v) is 9.63. The third-order valence-electron chi connectivity index (χ3n) is 7.61. The highest BCUT2D eigenvalue weighted by Gasteiger charge is 2.33. The average molecular weight is 612 g/mol. The molecule has 224 valence electrons. The van der Waals surface area contributed by atoms with E-state index in [0.717, 1.165) is 47.5 Å². The first kappa shape index (κ1) is 31.4. The van der Waals surface area contributed by atoms with Crippen molar-refractivity contribution in [2.45, 2.75) is 69.5 Å². The summed E-state index contributed by atoms with van der Waals surface area (Å²) in [5.74, 6) is -0.240. The maximum atomic E-state index is 14.1. The number of hydrogen-bond donors (Lipinski definition) is 1. The van der Waals surface area contributed by atoms with Crippen molar-refractivity contribution in [3.05, 3.63) is 88.9 Å². The van der Waals surface area contributed by atoms with Gasteiger partial charge in [-0.2, -0.15) is 0 Å². The van der Waals surface area contributed by atoms with Crippen LogP contribution in [0.2, 0.25) is 5.02 Å². The molecule has 4 rings (SSSR count). The van der Waals surface area contributed by atoms with Crippen LogP contribution in [-0.2, 0) is 26.2 Å². The van der Waals surface area contributed by atoms with Gasteiger partial charge in [0.2, 0.25) is 11.8 Å². The Balaban J connectivity index is 1.68. The molecule has 1 saturated carbocycles. The highest BCUT2D eigenvalue weighted by molar-refractivity contribution is 7.92. The quantitative estimate of drug-likeness (QED) is 0.299. The van der Waals surface area contributed by atoms with Gasteiger partial charge in [0.05, 0.1) is 17.7 Å². The predicted molar refractivity (Wildman–Crippen MR) is 165 cm³/mol. The zero-order valence-corrected chi connectivity index (χ0v) is 25.8. The molecule has 8 nitrogen and oxygen atoms in total. The molecule has 1 aliphatic rings. The highest BCUT2D eigenvalue weighted by atomic mass is 35.5. The monoisotopic (exact) mass is 611 g/mol. The van der Waals surface area contributed by atoms with Crippen molar-refractivity contribution in [2.75, 3.05) is 18.0 Å². The van der Waals surface area contributed by atoms with E-state index in [4.69, 9.17) is 16.3 Å². The summed E-state index contributed by atoms with van der Waals surface area (Å²) < 4.78 is 34.2. The fourth-order valence-corrected chi connectivity index (χ4v) is 6.73. The normalized spacial score (nSPS) is 14.6. The van der Waals surface area contributed by atoms with Crippen LogP contribution in [0.25, 0.3) is 0 Å². The van der Waals surface area contributed by atoms with Gasteiger partial charge in [0, 0.05) is 17.6 Å². The molecule has 0 bridgehead atoms. The smallest absolute Gasteiger partial charge is 0.264 e. The Hall–Kier alpha value is -3.56. The van der Waals surface area contributed by atoms with Crippen molar-refractivity contribution in [3.8, 4) is 5.75 Å². The molecule has 1 aliphatic carbocycles. The summed E-state index contributed by atoms with van der Waals surface area (Å²) in [7, 11) is -2.62. The first-order valence-corrected chi connectivity index (χ1v) is 16.0. The van der Waals surface area contributed by atoms with E-state index in [1.54, 1.807) is 61.5 Å². The fourth-order valence-electron chi connectivity index (χ4n) is 5.10. The second-order valence-corrected chi connectivity index (χ2v) is 13.0. The fraction of sp³-hybridized carbons (Fsp3) is 0.375. The van der Waals surface area contributed by atoms with Crippen molar-refractivity contribution in [1.29, 1.82) is 0 Å². The van der Waals surface area contributed by atoms with Crippen molar-refractivity contribution < 1.29 is 22.7 Å². The van der Waals surface area contributed by atoms with E-state index in [-0.39, 0.29) is 23.4 Å². The first-order chi connectivity index (χ1) is 20.1. The second-order valence-electron chi connectivity index (χ2n) is 10.7. The summed E-state index contributed by atoms with van der Waals surface area (Å²) in [4.78, 5) is 29.0. The van der Waals surface area contributed by atoms with E-state index in [1.165, 1.54) is 24.1 Å². The minimum Gasteiger partial charge on any atom is -0.497 e. The van der Waals surface area contributed by atoms with Crippen LogP contribution >= 0.6 is 11.6 Å². The molecule has 3 aromatic carbocycles. The summed E-state index contributed by atoms with van der Waals surface area (Å²) >= 11 is 6.23. The van der Waals surface area contributed by atoms with Crippen LogP contribution in [0.4, 0.5) is 5.69 Å². The van der Waals surface area contributed by atoms with E-state index in [0.29, 0.717) is 16.5 Å². The number of halogens is 1. The van der Waals surface area contributed by atoms with Crippen molar-refractivity contribution in [1.82, 2.24) is 10.2 Å². The number of hydrogen-bond acceptors (Lipinski definition) is 5. The Morgan fingerprint density at radius 2 is 1.67 bits per heavy atom. The molecule has 0 radical (unpaired) electrons. The lowest BCUT2D eigenvalue weighted by atomic mass is 9.95. The summed E-state index contributed by atoms with van der Waals surface area (Å²) in [6, 6.07) is 19.2. The SMILES string of the molecule is COc1ccc(N(CC(=O)N(Cc2cccc(Cl)c2)[C@@H](C)C(=O)NC2CCCCC2)S(=O)(=O)c2ccc(C)cc2)cc1. The molecule has 0 heterocycles. The molecule has 2 amide bonds. The number of sulfonamides is 1. The molecule has 0 spiro atoms. The van der Waals surface area contributed by atoms with Gasteiger partial charge in [-0.25, -0.2) is 8.42 Å². The molecular formula is C32H38ClN3O5S. The second kappa shape index (κ2) is 14.1. The number of aryl methyl sites for hydroxylation is 1. The molecule has 0 aliphatic heterocycles. The Kier molecular flexibility index (Phi) is 10.5. The van der Waals surface area contributed by atoms with Gasteiger partial charge >= 0.3 is 0 Å². The van der Waals surface area contributed by atoms with Gasteiger partial charge in [-0.15, -0.1) is 0 Å². The lowest BCUT2D eigenvalue weighted by molar-refractivity contribution is -0.139. The number of ether oxygens (including phenoxy) is 1. The maximum absolute atomic E-state index is 14.1. The summed E-state index contributed by atoms with van der Waals surface area (Å²) in [6.07, 6.45) is 5.07. The highest BCUT2D eigenvalue weighted by Crippen LogP contribution is 2.27. The predicted octanol–water partition coefficient (Wildman–Crippen LogP) is 5.72. The topological polar surface area (TPSA) is 96.0 Å². The van der Waals surface area contributed by atoms with E-state index >= 15 is 0 Å². The standard InChI is InChI=1S/C32H38ClN3O5S/c1-23-12-18-30(19-13-23)42(39,40)36(28-14-16-29(41-3)17-15-28)22-31(37)35(21-25-8-7-9-26(33)20-25)24(2)32(38)34-27-10-5-4-6-11-27/h7-9,12-20,24,27H,4-6,10-11,21-22H2,1-3H3,(H,34,38)/t24-/m0/s1. The Morgan fingerprint density at radius 3 is 2.29 bits per heavy atom. The molecule has 0 aromatic heterocycles. The number of nitrogens with zero attached hydrogens (tertiary/aromatic N) is 2. The lowest BCUT2D eigenvalue weighted by Gasteiger charge is -2.33. The van der Waals surface area contributed by atoms with Crippen LogP contribution in [0.1, 0.15) is 50.2 Å². The van der Waals surface area contributed by atoms with Gasteiger partial charge in [0.25, 0.3) is 10.0 Å². The largest absolute Gasteiger partial charge is 0.497 e. The van der Waals surface area contributed by atoms with E-state index in [9.17, 15) is 18.0 Å². The minimum atomic E-state index is -4.14. The van der Waals surface area contributed by atoms with E-state index in [1.807, 2.05) is 13.0 Å². The van der Waals surface area contributed by atoms with Gasteiger partial charge in [0.1, 0.15) is 18.3 Å². The number of benzene rings is 3. The number of methoxy groups -OCH3 is 1. The molecule has 10 heteroatoms. The van der Waals surface area contributed by atoms with Gasteiger partial charge < -0.3 is 15.0 Å². The van der Waals surface area contributed by atoms with E-state index < -0.39 is 28.5 Å². The van der Waals surface area contributed by atoms with E-state index in [2.05, 4.69) is 5.32 Å². The summed E-state index contributed by atoms with van der Waals surface area (Å²) in [5, 5.41) is 3.61. The number of nitrogens with one attached hydrogen (secondary N) is 1. The Morgan fingerprint density at radius 1 is 1.00 bits per heavy atom. The van der Waals surface area contributed by atoms with Crippen molar-refractivity contribution in [2.24, 2.45) is 0 Å². The van der Waals surface area contributed by atoms with Gasteiger partial charge in [-0.3, -0.25) is 13.9 Å². The average Bonchev–Trinajstić information content (AvgIpc) is 2.99. The van der Waals surface area contributed by atoms with Crippen LogP contribution in [0.3, 0.4) is 0 Å². The van der Waals surface area contributed by atoms with Gasteiger partial charge in [-0.1, -0.05) is 60.7 Å². The summed E-state index contributed by atoms with van der Waals surface area (Å²) in [5.41, 5.74) is 1.93. The number of anilines is 1. The number of rotatable bonds is 11. The van der Waals surface area contributed by atoms with Gasteiger partial charge in [0.15, 0.2) is 0 Å². The molecule has 1 fully saturated rings. The Bertz CT molecular complexity index is 1470. The first-order valence-electron chi connectivity index (χ1n) is 14.2. The summed E-state index contributed by atoms with van der Waals surface area (Å²) in [6.45, 7) is 3.12. The molecular weight excluding hydrogens is 574 g/mol. The van der Waals surface area contributed by atoms with Crippen LogP contribution in [0.5, 0.6) is 5.75 Å².